The highest BCUT2D eigenvalue weighted by Crippen LogP contribution is 2.34. The molecule has 0 aliphatic rings. The molecule has 4 heteroatoms. The zero-order valence-corrected chi connectivity index (χ0v) is 16.2. The highest BCUT2D eigenvalue weighted by molar-refractivity contribution is 6.07. The summed E-state index contributed by atoms with van der Waals surface area (Å²) >= 11 is 0. The second-order valence-electron chi connectivity index (χ2n) is 5.95. The van der Waals surface area contributed by atoms with Gasteiger partial charge in [-0.1, -0.05) is 32.1 Å². The Balaban J connectivity index is 2.26. The van der Waals surface area contributed by atoms with Crippen molar-refractivity contribution in [1.29, 1.82) is 0 Å². The minimum absolute atomic E-state index is 0.102. The van der Waals surface area contributed by atoms with Crippen molar-refractivity contribution >= 4 is 11.9 Å². The van der Waals surface area contributed by atoms with Gasteiger partial charge >= 0.3 is 0 Å². The van der Waals surface area contributed by atoms with E-state index in [0.717, 1.165) is 29.7 Å². The molecule has 0 atom stereocenters. The maximum atomic E-state index is 12.5. The summed E-state index contributed by atoms with van der Waals surface area (Å²) in [6, 6.07) is 10.9. The fourth-order valence-electron chi connectivity index (χ4n) is 2.80. The first-order chi connectivity index (χ1) is 13.1. The number of aryl methyl sites for hydroxylation is 1. The molecular formula is C23H26O4. The van der Waals surface area contributed by atoms with E-state index in [1.165, 1.54) is 6.08 Å². The lowest BCUT2D eigenvalue weighted by Crippen LogP contribution is -1.99. The van der Waals surface area contributed by atoms with E-state index in [2.05, 4.69) is 13.5 Å². The molecule has 0 saturated heterocycles. The maximum Gasteiger partial charge on any atom is 0.185 e. The highest BCUT2D eigenvalue weighted by Gasteiger charge is 2.13. The number of benzene rings is 2. The second kappa shape index (κ2) is 10.2. The molecule has 4 nitrogen and oxygen atoms in total. The summed E-state index contributed by atoms with van der Waals surface area (Å²) in [5.74, 6) is 2.01. The molecule has 0 N–H and O–H groups in total. The Bertz CT molecular complexity index is 804. The third kappa shape index (κ3) is 5.23. The van der Waals surface area contributed by atoms with E-state index in [4.69, 9.17) is 14.2 Å². The smallest absolute Gasteiger partial charge is 0.185 e. The van der Waals surface area contributed by atoms with Crippen molar-refractivity contribution in [2.75, 3.05) is 20.8 Å². The summed E-state index contributed by atoms with van der Waals surface area (Å²) in [7, 11) is 3.24. The predicted molar refractivity (Wildman–Crippen MR) is 109 cm³/mol. The summed E-state index contributed by atoms with van der Waals surface area (Å²) in [5, 5.41) is 0. The normalized spacial score (nSPS) is 10.6. The predicted octanol–water partition coefficient (Wildman–Crippen LogP) is 5.12. The molecule has 27 heavy (non-hydrogen) atoms. The number of carbonyl (C=O) groups is 1. The van der Waals surface area contributed by atoms with Gasteiger partial charge in [-0.3, -0.25) is 4.79 Å². The van der Waals surface area contributed by atoms with Crippen LogP contribution in [0.15, 0.2) is 55.1 Å². The van der Waals surface area contributed by atoms with E-state index in [0.29, 0.717) is 23.7 Å². The van der Waals surface area contributed by atoms with Crippen LogP contribution < -0.4 is 14.2 Å². The molecule has 0 aliphatic heterocycles. The third-order valence-corrected chi connectivity index (χ3v) is 4.09. The fraction of sp³-hybridized carbons (Fsp3) is 0.261. The van der Waals surface area contributed by atoms with Gasteiger partial charge in [0, 0.05) is 5.56 Å². The molecule has 2 aromatic rings. The number of hydrogen-bond donors (Lipinski definition) is 0. The summed E-state index contributed by atoms with van der Waals surface area (Å²) < 4.78 is 16.5. The Morgan fingerprint density at radius 2 is 1.81 bits per heavy atom. The van der Waals surface area contributed by atoms with Gasteiger partial charge in [0.15, 0.2) is 5.78 Å². The molecule has 0 aliphatic carbocycles. The standard InChI is InChI=1S/C23H26O4/c1-5-7-18-10-15-22(25-3)20(23(18)26-4)13-14-21(24)17-8-11-19(12-9-17)27-16-6-2/h6,8-15H,2,5,7,16H2,1,3-4H3. The molecule has 0 bridgehead atoms. The summed E-state index contributed by atoms with van der Waals surface area (Å²) in [5.41, 5.74) is 2.45. The minimum Gasteiger partial charge on any atom is -0.496 e. The van der Waals surface area contributed by atoms with E-state index in [-0.39, 0.29) is 5.78 Å². The van der Waals surface area contributed by atoms with Crippen LogP contribution in [0.25, 0.3) is 6.08 Å². The lowest BCUT2D eigenvalue weighted by atomic mass is 10.0. The van der Waals surface area contributed by atoms with Crippen LogP contribution in [0.2, 0.25) is 0 Å². The van der Waals surface area contributed by atoms with Crippen LogP contribution >= 0.6 is 0 Å². The Morgan fingerprint density at radius 3 is 2.41 bits per heavy atom. The van der Waals surface area contributed by atoms with E-state index in [1.807, 2.05) is 12.1 Å². The van der Waals surface area contributed by atoms with E-state index in [1.54, 1.807) is 50.6 Å². The average Bonchev–Trinajstić information content (AvgIpc) is 2.71. The van der Waals surface area contributed by atoms with Crippen LogP contribution in [0.4, 0.5) is 0 Å². The highest BCUT2D eigenvalue weighted by atomic mass is 16.5. The summed E-state index contributed by atoms with van der Waals surface area (Å²) in [4.78, 5) is 12.5. The monoisotopic (exact) mass is 366 g/mol. The minimum atomic E-state index is -0.102. The topological polar surface area (TPSA) is 44.8 Å². The first kappa shape index (κ1) is 20.3. The molecule has 2 rings (SSSR count). The van der Waals surface area contributed by atoms with Gasteiger partial charge in [0.25, 0.3) is 0 Å². The van der Waals surface area contributed by atoms with Crippen molar-refractivity contribution in [3.63, 3.8) is 0 Å². The van der Waals surface area contributed by atoms with Gasteiger partial charge in [0.05, 0.1) is 19.8 Å². The van der Waals surface area contributed by atoms with E-state index in [9.17, 15) is 4.79 Å². The quantitative estimate of drug-likeness (QED) is 0.333. The Kier molecular flexibility index (Phi) is 7.68. The van der Waals surface area contributed by atoms with E-state index < -0.39 is 0 Å². The zero-order valence-electron chi connectivity index (χ0n) is 16.2. The summed E-state index contributed by atoms with van der Waals surface area (Å²) in [6.07, 6.45) is 6.87. The first-order valence-electron chi connectivity index (χ1n) is 8.94. The van der Waals surface area contributed by atoms with Crippen LogP contribution in [0, 0.1) is 0 Å². The van der Waals surface area contributed by atoms with Crippen molar-refractivity contribution in [2.45, 2.75) is 19.8 Å². The fourth-order valence-corrected chi connectivity index (χ4v) is 2.80. The van der Waals surface area contributed by atoms with E-state index >= 15 is 0 Å². The number of carbonyl (C=O) groups excluding carboxylic acids is 1. The Labute approximate surface area is 161 Å². The number of ether oxygens (including phenoxy) is 3. The van der Waals surface area contributed by atoms with Crippen molar-refractivity contribution in [2.24, 2.45) is 0 Å². The van der Waals surface area contributed by atoms with Gasteiger partial charge in [-0.05, 0) is 54.5 Å². The first-order valence-corrected chi connectivity index (χ1v) is 8.94. The maximum absolute atomic E-state index is 12.5. The molecule has 0 saturated carbocycles. The zero-order chi connectivity index (χ0) is 19.6. The molecule has 0 amide bonds. The van der Waals surface area contributed by atoms with Crippen LogP contribution in [-0.4, -0.2) is 26.6 Å². The van der Waals surface area contributed by atoms with Gasteiger partial charge in [-0.15, -0.1) is 0 Å². The van der Waals surface area contributed by atoms with Crippen molar-refractivity contribution in [3.8, 4) is 17.2 Å². The molecule has 0 aromatic heterocycles. The van der Waals surface area contributed by atoms with Gasteiger partial charge in [0.2, 0.25) is 0 Å². The number of rotatable bonds is 10. The molecule has 0 heterocycles. The second-order valence-corrected chi connectivity index (χ2v) is 5.95. The molecule has 0 fully saturated rings. The molecular weight excluding hydrogens is 340 g/mol. The lowest BCUT2D eigenvalue weighted by Gasteiger charge is -2.14. The average molecular weight is 366 g/mol. The molecule has 0 radical (unpaired) electrons. The van der Waals surface area contributed by atoms with Crippen LogP contribution in [0.5, 0.6) is 17.2 Å². The van der Waals surface area contributed by atoms with Crippen LogP contribution in [0.1, 0.15) is 34.8 Å². The van der Waals surface area contributed by atoms with Crippen LogP contribution in [-0.2, 0) is 6.42 Å². The Hall–Kier alpha value is -3.01. The van der Waals surface area contributed by atoms with Crippen molar-refractivity contribution < 1.29 is 19.0 Å². The molecule has 2 aromatic carbocycles. The van der Waals surface area contributed by atoms with Crippen LogP contribution in [0.3, 0.4) is 0 Å². The van der Waals surface area contributed by atoms with Crippen molar-refractivity contribution in [1.82, 2.24) is 0 Å². The Morgan fingerprint density at radius 1 is 1.07 bits per heavy atom. The number of methoxy groups -OCH3 is 2. The number of hydrogen-bond acceptors (Lipinski definition) is 4. The third-order valence-electron chi connectivity index (χ3n) is 4.09. The summed E-state index contributed by atoms with van der Waals surface area (Å²) in [6.45, 7) is 6.16. The SMILES string of the molecule is C=CCOc1ccc(C(=O)C=Cc2c(OC)ccc(CCC)c2OC)cc1. The molecule has 0 spiro atoms. The van der Waals surface area contributed by atoms with Gasteiger partial charge < -0.3 is 14.2 Å². The molecule has 0 unspecified atom stereocenters. The van der Waals surface area contributed by atoms with Gasteiger partial charge in [0.1, 0.15) is 23.9 Å². The number of allylic oxidation sites excluding steroid dienone is 1. The molecule has 142 valence electrons. The van der Waals surface area contributed by atoms with Gasteiger partial charge in [-0.2, -0.15) is 0 Å². The van der Waals surface area contributed by atoms with Gasteiger partial charge in [-0.25, -0.2) is 0 Å². The largest absolute Gasteiger partial charge is 0.496 e. The van der Waals surface area contributed by atoms with Crippen molar-refractivity contribution in [3.05, 3.63) is 71.8 Å². The number of ketones is 1. The lowest BCUT2D eigenvalue weighted by molar-refractivity contribution is 0.104.